The summed E-state index contributed by atoms with van der Waals surface area (Å²) in [5.74, 6) is 0.223. The first-order valence-electron chi connectivity index (χ1n) is 9.18. The molecule has 2 aromatic carbocycles. The number of benzene rings is 2. The minimum atomic E-state index is 0.0673. The van der Waals surface area contributed by atoms with Crippen molar-refractivity contribution in [2.75, 3.05) is 18.4 Å². The van der Waals surface area contributed by atoms with Crippen LogP contribution >= 0.6 is 0 Å². The van der Waals surface area contributed by atoms with Gasteiger partial charge in [0, 0.05) is 18.8 Å². The summed E-state index contributed by atoms with van der Waals surface area (Å²) in [4.78, 5) is 15.2. The van der Waals surface area contributed by atoms with Crippen LogP contribution in [0, 0.1) is 26.7 Å². The van der Waals surface area contributed by atoms with E-state index in [-0.39, 0.29) is 11.8 Å². The minimum Gasteiger partial charge on any atom is -0.326 e. The highest BCUT2D eigenvalue weighted by Crippen LogP contribution is 2.23. The van der Waals surface area contributed by atoms with Gasteiger partial charge in [-0.25, -0.2) is 0 Å². The van der Waals surface area contributed by atoms with Crippen molar-refractivity contribution >= 4 is 11.6 Å². The Morgan fingerprint density at radius 1 is 1.08 bits per heavy atom. The van der Waals surface area contributed by atoms with Gasteiger partial charge in [0.05, 0.1) is 5.92 Å². The van der Waals surface area contributed by atoms with Crippen molar-refractivity contribution in [2.24, 2.45) is 5.92 Å². The van der Waals surface area contributed by atoms with Gasteiger partial charge in [0.25, 0.3) is 0 Å². The molecule has 1 atom stereocenters. The average molecular weight is 336 g/mol. The topological polar surface area (TPSA) is 32.3 Å². The zero-order valence-electron chi connectivity index (χ0n) is 15.5. The molecule has 132 valence electrons. The fourth-order valence-electron chi connectivity index (χ4n) is 3.56. The van der Waals surface area contributed by atoms with Gasteiger partial charge in [-0.05, 0) is 68.5 Å². The van der Waals surface area contributed by atoms with Crippen molar-refractivity contribution in [2.45, 2.75) is 40.2 Å². The Morgan fingerprint density at radius 3 is 2.64 bits per heavy atom. The van der Waals surface area contributed by atoms with Gasteiger partial charge < -0.3 is 5.32 Å². The van der Waals surface area contributed by atoms with E-state index in [1.54, 1.807) is 0 Å². The number of nitrogens with zero attached hydrogens (tertiary/aromatic N) is 1. The van der Waals surface area contributed by atoms with E-state index in [1.165, 1.54) is 16.7 Å². The molecule has 2 aromatic rings. The molecule has 1 amide bonds. The van der Waals surface area contributed by atoms with E-state index >= 15 is 0 Å². The van der Waals surface area contributed by atoms with Crippen molar-refractivity contribution in [1.82, 2.24) is 4.90 Å². The summed E-state index contributed by atoms with van der Waals surface area (Å²) >= 11 is 0. The third kappa shape index (κ3) is 4.29. The Labute approximate surface area is 151 Å². The van der Waals surface area contributed by atoms with Crippen LogP contribution in [0.3, 0.4) is 0 Å². The molecule has 1 aliphatic rings. The quantitative estimate of drug-likeness (QED) is 0.894. The van der Waals surface area contributed by atoms with Crippen molar-refractivity contribution in [3.8, 4) is 0 Å². The van der Waals surface area contributed by atoms with Crippen molar-refractivity contribution in [3.05, 3.63) is 64.7 Å². The number of nitrogens with one attached hydrogen (secondary N) is 1. The Bertz CT molecular complexity index is 753. The number of carbonyl (C=O) groups is 1. The number of likely N-dealkylation sites (tertiary alicyclic amines) is 1. The monoisotopic (exact) mass is 336 g/mol. The minimum absolute atomic E-state index is 0.0673. The van der Waals surface area contributed by atoms with Gasteiger partial charge in [-0.1, -0.05) is 36.4 Å². The first kappa shape index (κ1) is 17.7. The molecular weight excluding hydrogens is 308 g/mol. The molecule has 0 saturated carbocycles. The van der Waals surface area contributed by atoms with E-state index in [2.05, 4.69) is 61.3 Å². The molecule has 0 spiro atoms. The van der Waals surface area contributed by atoms with Crippen LogP contribution in [0.1, 0.15) is 35.1 Å². The van der Waals surface area contributed by atoms with Gasteiger partial charge in [-0.3, -0.25) is 9.69 Å². The molecule has 1 heterocycles. The summed E-state index contributed by atoms with van der Waals surface area (Å²) in [6, 6.07) is 14.6. The first-order chi connectivity index (χ1) is 12.0. The Morgan fingerprint density at radius 2 is 1.84 bits per heavy atom. The van der Waals surface area contributed by atoms with Crippen LogP contribution in [0.2, 0.25) is 0 Å². The second kappa shape index (κ2) is 7.83. The molecule has 3 heteroatoms. The zero-order valence-corrected chi connectivity index (χ0v) is 15.5. The Kier molecular flexibility index (Phi) is 5.54. The molecular formula is C22H28N2O. The fourth-order valence-corrected chi connectivity index (χ4v) is 3.56. The third-order valence-electron chi connectivity index (χ3n) is 5.39. The number of aryl methyl sites for hydroxylation is 2. The highest BCUT2D eigenvalue weighted by molar-refractivity contribution is 5.93. The molecule has 0 aromatic heterocycles. The lowest BCUT2D eigenvalue weighted by molar-refractivity contribution is -0.121. The summed E-state index contributed by atoms with van der Waals surface area (Å²) in [5, 5.41) is 3.15. The second-order valence-corrected chi connectivity index (χ2v) is 7.24. The predicted molar refractivity (Wildman–Crippen MR) is 104 cm³/mol. The van der Waals surface area contributed by atoms with Crippen molar-refractivity contribution in [1.29, 1.82) is 0 Å². The maximum atomic E-state index is 12.8. The lowest BCUT2D eigenvalue weighted by atomic mass is 9.96. The molecule has 1 fully saturated rings. The number of rotatable bonds is 4. The number of piperidine rings is 1. The van der Waals surface area contributed by atoms with E-state index in [4.69, 9.17) is 0 Å². The van der Waals surface area contributed by atoms with Gasteiger partial charge >= 0.3 is 0 Å². The van der Waals surface area contributed by atoms with Crippen LogP contribution in [0.5, 0.6) is 0 Å². The van der Waals surface area contributed by atoms with Crippen LogP contribution in [-0.4, -0.2) is 23.9 Å². The highest BCUT2D eigenvalue weighted by Gasteiger charge is 2.26. The van der Waals surface area contributed by atoms with Gasteiger partial charge in [0.2, 0.25) is 5.91 Å². The lowest BCUT2D eigenvalue weighted by Crippen LogP contribution is -2.40. The van der Waals surface area contributed by atoms with E-state index in [9.17, 15) is 4.79 Å². The van der Waals surface area contributed by atoms with Gasteiger partial charge in [-0.2, -0.15) is 0 Å². The molecule has 0 radical (unpaired) electrons. The van der Waals surface area contributed by atoms with Crippen LogP contribution < -0.4 is 5.32 Å². The molecule has 1 aliphatic heterocycles. The van der Waals surface area contributed by atoms with Crippen molar-refractivity contribution in [3.63, 3.8) is 0 Å². The van der Waals surface area contributed by atoms with E-state index < -0.39 is 0 Å². The number of carbonyl (C=O) groups excluding carboxylic acids is 1. The number of amides is 1. The summed E-state index contributed by atoms with van der Waals surface area (Å²) in [7, 11) is 0. The molecule has 1 saturated heterocycles. The molecule has 3 nitrogen and oxygen atoms in total. The van der Waals surface area contributed by atoms with Crippen LogP contribution in [-0.2, 0) is 11.3 Å². The second-order valence-electron chi connectivity index (χ2n) is 7.24. The SMILES string of the molecule is Cc1ccccc1CN1CCCC(C(=O)Nc2cccc(C)c2C)C1. The number of hydrogen-bond donors (Lipinski definition) is 1. The zero-order chi connectivity index (χ0) is 17.8. The normalized spacial score (nSPS) is 18.1. The average Bonchev–Trinajstić information content (AvgIpc) is 2.61. The summed E-state index contributed by atoms with van der Waals surface area (Å²) < 4.78 is 0. The van der Waals surface area contributed by atoms with E-state index in [0.29, 0.717) is 0 Å². The molecule has 0 aliphatic carbocycles. The van der Waals surface area contributed by atoms with Crippen molar-refractivity contribution < 1.29 is 4.79 Å². The number of anilines is 1. The van der Waals surface area contributed by atoms with Crippen LogP contribution in [0.15, 0.2) is 42.5 Å². The summed E-state index contributed by atoms with van der Waals surface area (Å²) in [6.07, 6.45) is 2.05. The van der Waals surface area contributed by atoms with Gasteiger partial charge in [0.15, 0.2) is 0 Å². The standard InChI is InChI=1S/C22H28N2O/c1-16-9-6-12-21(18(16)3)23-22(25)20-11-7-13-24(15-20)14-19-10-5-4-8-17(19)2/h4-6,8-10,12,20H,7,11,13-15H2,1-3H3,(H,23,25). The highest BCUT2D eigenvalue weighted by atomic mass is 16.1. The van der Waals surface area contributed by atoms with Crippen LogP contribution in [0.4, 0.5) is 5.69 Å². The summed E-state index contributed by atoms with van der Waals surface area (Å²) in [6.45, 7) is 9.14. The van der Waals surface area contributed by atoms with Gasteiger partial charge in [-0.15, -0.1) is 0 Å². The number of hydrogen-bond acceptors (Lipinski definition) is 2. The molecule has 1 N–H and O–H groups in total. The maximum absolute atomic E-state index is 12.8. The predicted octanol–water partition coefficient (Wildman–Crippen LogP) is 4.46. The van der Waals surface area contributed by atoms with E-state index in [1.807, 2.05) is 12.1 Å². The van der Waals surface area contributed by atoms with E-state index in [0.717, 1.165) is 43.7 Å². The van der Waals surface area contributed by atoms with Crippen LogP contribution in [0.25, 0.3) is 0 Å². The Balaban J connectivity index is 1.63. The van der Waals surface area contributed by atoms with Gasteiger partial charge in [0.1, 0.15) is 0 Å². The molecule has 25 heavy (non-hydrogen) atoms. The Hall–Kier alpha value is -2.13. The molecule has 3 rings (SSSR count). The largest absolute Gasteiger partial charge is 0.326 e. The molecule has 0 bridgehead atoms. The molecule has 1 unspecified atom stereocenters. The fraction of sp³-hybridized carbons (Fsp3) is 0.409. The first-order valence-corrected chi connectivity index (χ1v) is 9.18. The lowest BCUT2D eigenvalue weighted by Gasteiger charge is -2.32. The third-order valence-corrected chi connectivity index (χ3v) is 5.39. The summed E-state index contributed by atoms with van der Waals surface area (Å²) in [5.41, 5.74) is 6.00. The maximum Gasteiger partial charge on any atom is 0.228 e. The smallest absolute Gasteiger partial charge is 0.228 e.